The Hall–Kier alpha value is -3.02. The molecule has 2 aliphatic rings. The number of aromatic nitrogens is 2. The molecule has 0 bridgehead atoms. The van der Waals surface area contributed by atoms with Crippen LogP contribution in [0.15, 0.2) is 42.6 Å². The van der Waals surface area contributed by atoms with Gasteiger partial charge in [0.15, 0.2) is 0 Å². The molecule has 6 nitrogen and oxygen atoms in total. The summed E-state index contributed by atoms with van der Waals surface area (Å²) in [5.41, 5.74) is 5.62. The summed E-state index contributed by atoms with van der Waals surface area (Å²) in [6.07, 6.45) is 7.60. The maximum absolute atomic E-state index is 12.6. The summed E-state index contributed by atoms with van der Waals surface area (Å²) in [5, 5.41) is 14.0. The number of aryl methyl sites for hydroxylation is 1. The van der Waals surface area contributed by atoms with E-state index in [4.69, 9.17) is 0 Å². The minimum atomic E-state index is -0.174. The Morgan fingerprint density at radius 3 is 2.93 bits per heavy atom. The number of hydrogen-bond acceptors (Lipinski definition) is 3. The van der Waals surface area contributed by atoms with Crippen LogP contribution in [0.3, 0.4) is 0 Å². The SMILES string of the molecule is O=C(Nc1cccc2[nH]ncc12)N[C@H]1CCc2cc(N3CCCCC3)ccc21. The second-order valence-corrected chi connectivity index (χ2v) is 7.76. The van der Waals surface area contributed by atoms with Crippen LogP contribution in [0.5, 0.6) is 0 Å². The van der Waals surface area contributed by atoms with Crippen molar-refractivity contribution in [1.82, 2.24) is 15.5 Å². The van der Waals surface area contributed by atoms with E-state index in [1.807, 2.05) is 18.2 Å². The highest BCUT2D eigenvalue weighted by Gasteiger charge is 2.25. The lowest BCUT2D eigenvalue weighted by Crippen LogP contribution is -2.31. The van der Waals surface area contributed by atoms with Gasteiger partial charge in [-0.1, -0.05) is 12.1 Å². The molecule has 3 aromatic rings. The second kappa shape index (κ2) is 7.19. The van der Waals surface area contributed by atoms with Gasteiger partial charge >= 0.3 is 6.03 Å². The predicted molar refractivity (Wildman–Crippen MR) is 112 cm³/mol. The fourth-order valence-electron chi connectivity index (χ4n) is 4.50. The van der Waals surface area contributed by atoms with Gasteiger partial charge in [-0.05, 0) is 67.5 Å². The zero-order valence-corrected chi connectivity index (χ0v) is 15.9. The highest BCUT2D eigenvalue weighted by atomic mass is 16.2. The molecule has 5 rings (SSSR count). The lowest BCUT2D eigenvalue weighted by Gasteiger charge is -2.29. The smallest absolute Gasteiger partial charge is 0.319 e. The van der Waals surface area contributed by atoms with Crippen molar-refractivity contribution in [3.05, 3.63) is 53.7 Å². The van der Waals surface area contributed by atoms with E-state index >= 15 is 0 Å². The van der Waals surface area contributed by atoms with Crippen LogP contribution in [0.4, 0.5) is 16.2 Å². The van der Waals surface area contributed by atoms with Gasteiger partial charge in [-0.25, -0.2) is 4.79 Å². The van der Waals surface area contributed by atoms with Gasteiger partial charge in [0.25, 0.3) is 0 Å². The lowest BCUT2D eigenvalue weighted by atomic mass is 10.0. The molecule has 2 amide bonds. The number of carbonyl (C=O) groups is 1. The number of carbonyl (C=O) groups excluding carboxylic acids is 1. The fraction of sp³-hybridized carbons (Fsp3) is 0.364. The zero-order chi connectivity index (χ0) is 18.9. The second-order valence-electron chi connectivity index (χ2n) is 7.76. The molecule has 0 saturated carbocycles. The topological polar surface area (TPSA) is 73.0 Å². The van der Waals surface area contributed by atoms with Gasteiger partial charge in [-0.15, -0.1) is 0 Å². The fourth-order valence-corrected chi connectivity index (χ4v) is 4.50. The van der Waals surface area contributed by atoms with Gasteiger partial charge in [0.05, 0.1) is 23.4 Å². The largest absolute Gasteiger partial charge is 0.372 e. The lowest BCUT2D eigenvalue weighted by molar-refractivity contribution is 0.248. The molecule has 6 heteroatoms. The van der Waals surface area contributed by atoms with Crippen molar-refractivity contribution >= 4 is 28.3 Å². The van der Waals surface area contributed by atoms with Gasteiger partial charge in [0.2, 0.25) is 0 Å². The summed E-state index contributed by atoms with van der Waals surface area (Å²) in [4.78, 5) is 15.1. The van der Waals surface area contributed by atoms with Crippen molar-refractivity contribution in [2.75, 3.05) is 23.3 Å². The number of nitrogens with one attached hydrogen (secondary N) is 3. The van der Waals surface area contributed by atoms with Crippen molar-refractivity contribution in [3.63, 3.8) is 0 Å². The molecule has 2 heterocycles. The normalized spacial score (nSPS) is 18.9. The first-order chi connectivity index (χ1) is 13.8. The molecule has 1 aromatic heterocycles. The number of anilines is 2. The molecular formula is C22H25N5O. The van der Waals surface area contributed by atoms with Crippen LogP contribution >= 0.6 is 0 Å². The van der Waals surface area contributed by atoms with Crippen LogP contribution in [-0.2, 0) is 6.42 Å². The number of benzene rings is 2. The molecule has 1 saturated heterocycles. The van der Waals surface area contributed by atoms with Crippen molar-refractivity contribution in [1.29, 1.82) is 0 Å². The summed E-state index contributed by atoms with van der Waals surface area (Å²) < 4.78 is 0. The first-order valence-corrected chi connectivity index (χ1v) is 10.2. The highest BCUT2D eigenvalue weighted by molar-refractivity contribution is 6.00. The average molecular weight is 375 g/mol. The first-order valence-electron chi connectivity index (χ1n) is 10.2. The predicted octanol–water partition coefficient (Wildman–Crippen LogP) is 4.36. The van der Waals surface area contributed by atoms with E-state index in [2.05, 4.69) is 43.9 Å². The van der Waals surface area contributed by atoms with Crippen LogP contribution in [0, 0.1) is 0 Å². The van der Waals surface area contributed by atoms with E-state index in [1.165, 1.54) is 36.1 Å². The molecule has 144 valence electrons. The van der Waals surface area contributed by atoms with Crippen LogP contribution in [-0.4, -0.2) is 29.3 Å². The Balaban J connectivity index is 1.28. The number of rotatable bonds is 3. The third-order valence-corrected chi connectivity index (χ3v) is 5.96. The summed E-state index contributed by atoms with van der Waals surface area (Å²) in [6, 6.07) is 12.4. The Morgan fingerprint density at radius 1 is 1.14 bits per heavy atom. The minimum Gasteiger partial charge on any atom is -0.372 e. The number of H-pyrrole nitrogens is 1. The molecule has 28 heavy (non-hydrogen) atoms. The standard InChI is InChI=1S/C22H25N5O/c28-22(24-19-5-4-6-21-18(19)14-23-26-21)25-20-10-7-15-13-16(8-9-17(15)20)27-11-2-1-3-12-27/h4-6,8-9,13-14,20H,1-3,7,10-12H2,(H,23,26)(H2,24,25,28)/t20-/m0/s1. The molecule has 1 aliphatic carbocycles. The Morgan fingerprint density at radius 2 is 2.04 bits per heavy atom. The van der Waals surface area contributed by atoms with E-state index in [9.17, 15) is 4.79 Å². The Labute approximate surface area is 164 Å². The molecule has 1 atom stereocenters. The highest BCUT2D eigenvalue weighted by Crippen LogP contribution is 2.34. The number of hydrogen-bond donors (Lipinski definition) is 3. The molecule has 3 N–H and O–H groups in total. The summed E-state index contributed by atoms with van der Waals surface area (Å²) in [6.45, 7) is 2.31. The van der Waals surface area contributed by atoms with Crippen molar-refractivity contribution < 1.29 is 4.79 Å². The number of fused-ring (bicyclic) bond motifs is 2. The third kappa shape index (κ3) is 3.19. The summed E-state index contributed by atoms with van der Waals surface area (Å²) >= 11 is 0. The van der Waals surface area contributed by atoms with Crippen LogP contribution in [0.25, 0.3) is 10.9 Å². The van der Waals surface area contributed by atoms with E-state index in [0.717, 1.165) is 42.5 Å². The van der Waals surface area contributed by atoms with Crippen molar-refractivity contribution in [2.45, 2.75) is 38.1 Å². The average Bonchev–Trinajstić information content (AvgIpc) is 3.36. The molecule has 0 radical (unpaired) electrons. The number of aromatic amines is 1. The summed E-state index contributed by atoms with van der Waals surface area (Å²) in [7, 11) is 0. The molecule has 1 fully saturated rings. The van der Waals surface area contributed by atoms with Gasteiger partial charge in [-0.2, -0.15) is 5.10 Å². The van der Waals surface area contributed by atoms with Crippen LogP contribution in [0.1, 0.15) is 42.9 Å². The molecule has 1 aliphatic heterocycles. The quantitative estimate of drug-likeness (QED) is 0.637. The zero-order valence-electron chi connectivity index (χ0n) is 15.9. The first kappa shape index (κ1) is 17.1. The maximum Gasteiger partial charge on any atom is 0.319 e. The molecule has 0 spiro atoms. The van der Waals surface area contributed by atoms with Crippen LogP contribution in [0.2, 0.25) is 0 Å². The van der Waals surface area contributed by atoms with E-state index in [1.54, 1.807) is 6.20 Å². The molecular weight excluding hydrogens is 350 g/mol. The monoisotopic (exact) mass is 375 g/mol. The van der Waals surface area contributed by atoms with Gasteiger partial charge in [0, 0.05) is 24.2 Å². The van der Waals surface area contributed by atoms with E-state index in [-0.39, 0.29) is 12.1 Å². The summed E-state index contributed by atoms with van der Waals surface area (Å²) in [5.74, 6) is 0. The molecule has 2 aromatic carbocycles. The third-order valence-electron chi connectivity index (χ3n) is 5.96. The minimum absolute atomic E-state index is 0.0639. The van der Waals surface area contributed by atoms with E-state index in [0.29, 0.717) is 0 Å². The van der Waals surface area contributed by atoms with Crippen LogP contribution < -0.4 is 15.5 Å². The Bertz CT molecular complexity index is 1010. The van der Waals surface area contributed by atoms with Gasteiger partial charge in [-0.3, -0.25) is 5.10 Å². The number of piperidine rings is 1. The Kier molecular flexibility index (Phi) is 4.39. The van der Waals surface area contributed by atoms with Crippen molar-refractivity contribution in [3.8, 4) is 0 Å². The van der Waals surface area contributed by atoms with Gasteiger partial charge < -0.3 is 15.5 Å². The number of urea groups is 1. The number of amides is 2. The number of nitrogens with zero attached hydrogens (tertiary/aromatic N) is 2. The van der Waals surface area contributed by atoms with E-state index < -0.39 is 0 Å². The van der Waals surface area contributed by atoms with Gasteiger partial charge in [0.1, 0.15) is 0 Å². The maximum atomic E-state index is 12.6. The molecule has 0 unspecified atom stereocenters. The van der Waals surface area contributed by atoms with Crippen molar-refractivity contribution in [2.24, 2.45) is 0 Å².